The number of ketones is 1. The smallest absolute Gasteiger partial charge is 0.223 e. The van der Waals surface area contributed by atoms with E-state index in [0.29, 0.717) is 13.1 Å². The van der Waals surface area contributed by atoms with Crippen LogP contribution in [0, 0.1) is 11.6 Å². The van der Waals surface area contributed by atoms with Crippen molar-refractivity contribution in [2.45, 2.75) is 31.7 Å². The van der Waals surface area contributed by atoms with E-state index in [1.165, 1.54) is 6.07 Å². The van der Waals surface area contributed by atoms with Gasteiger partial charge in [-0.2, -0.15) is 0 Å². The van der Waals surface area contributed by atoms with Gasteiger partial charge in [0.25, 0.3) is 0 Å². The number of Topliss-reactive ketones (excluding diaryl/α,β-unsaturated/α-hetero) is 1. The van der Waals surface area contributed by atoms with Gasteiger partial charge in [0.15, 0.2) is 17.4 Å². The van der Waals surface area contributed by atoms with Gasteiger partial charge in [-0.1, -0.05) is 0 Å². The first-order valence-electron chi connectivity index (χ1n) is 6.99. The largest absolute Gasteiger partial charge is 0.343 e. The van der Waals surface area contributed by atoms with E-state index in [4.69, 9.17) is 5.73 Å². The fraction of sp³-hybridized carbons (Fsp3) is 0.467. The summed E-state index contributed by atoms with van der Waals surface area (Å²) in [6, 6.07) is 3.14. The van der Waals surface area contributed by atoms with Crippen molar-refractivity contribution in [2.75, 3.05) is 13.1 Å². The van der Waals surface area contributed by atoms with Gasteiger partial charge in [-0.25, -0.2) is 8.78 Å². The molecule has 0 radical (unpaired) electrons. The van der Waals surface area contributed by atoms with Gasteiger partial charge in [0.2, 0.25) is 5.91 Å². The molecule has 1 aromatic carbocycles. The second kappa shape index (κ2) is 6.76. The van der Waals surface area contributed by atoms with Crippen LogP contribution in [0.5, 0.6) is 0 Å². The lowest BCUT2D eigenvalue weighted by atomic mass is 10.0. The minimum Gasteiger partial charge on any atom is -0.343 e. The summed E-state index contributed by atoms with van der Waals surface area (Å²) in [5, 5.41) is 0. The van der Waals surface area contributed by atoms with E-state index < -0.39 is 11.6 Å². The lowest BCUT2D eigenvalue weighted by Gasteiger charge is -2.30. The van der Waals surface area contributed by atoms with Gasteiger partial charge in [0, 0.05) is 37.5 Å². The Labute approximate surface area is 121 Å². The van der Waals surface area contributed by atoms with Crippen LogP contribution in [0.25, 0.3) is 0 Å². The molecule has 0 spiro atoms. The first-order chi connectivity index (χ1) is 9.97. The van der Waals surface area contributed by atoms with Gasteiger partial charge >= 0.3 is 0 Å². The number of likely N-dealkylation sites (tertiary alicyclic amines) is 1. The topological polar surface area (TPSA) is 63.4 Å². The molecule has 2 N–H and O–H groups in total. The number of halogens is 2. The van der Waals surface area contributed by atoms with E-state index in [1.807, 2.05) is 0 Å². The van der Waals surface area contributed by atoms with Crippen molar-refractivity contribution in [3.8, 4) is 0 Å². The summed E-state index contributed by atoms with van der Waals surface area (Å²) >= 11 is 0. The predicted octanol–water partition coefficient (Wildman–Crippen LogP) is 1.88. The molecular formula is C15H18F2N2O2. The molecule has 6 heteroatoms. The zero-order chi connectivity index (χ0) is 15.4. The maximum Gasteiger partial charge on any atom is 0.223 e. The number of nitrogens with two attached hydrogens (primary N) is 1. The zero-order valence-corrected chi connectivity index (χ0v) is 11.6. The Balaban J connectivity index is 1.86. The van der Waals surface area contributed by atoms with E-state index in [2.05, 4.69) is 0 Å². The number of carbonyl (C=O) groups excluding carboxylic acids is 2. The van der Waals surface area contributed by atoms with Crippen LogP contribution < -0.4 is 5.73 Å². The maximum atomic E-state index is 13.1. The first kappa shape index (κ1) is 15.6. The number of carbonyl (C=O) groups is 2. The Morgan fingerprint density at radius 2 is 1.81 bits per heavy atom. The third-order valence-electron chi connectivity index (χ3n) is 3.70. The van der Waals surface area contributed by atoms with E-state index in [1.54, 1.807) is 4.90 Å². The summed E-state index contributed by atoms with van der Waals surface area (Å²) in [5.41, 5.74) is 5.85. The van der Waals surface area contributed by atoms with Crippen LogP contribution in [0.3, 0.4) is 0 Å². The lowest BCUT2D eigenvalue weighted by molar-refractivity contribution is -0.132. The van der Waals surface area contributed by atoms with Gasteiger partial charge < -0.3 is 10.6 Å². The molecule has 0 bridgehead atoms. The highest BCUT2D eigenvalue weighted by atomic mass is 19.2. The second-order valence-electron chi connectivity index (χ2n) is 5.27. The highest BCUT2D eigenvalue weighted by Crippen LogP contribution is 2.14. The highest BCUT2D eigenvalue weighted by molar-refractivity contribution is 5.97. The van der Waals surface area contributed by atoms with E-state index in [0.717, 1.165) is 25.0 Å². The van der Waals surface area contributed by atoms with Crippen molar-refractivity contribution in [3.05, 3.63) is 35.4 Å². The minimum atomic E-state index is -1.06. The molecule has 4 nitrogen and oxygen atoms in total. The summed E-state index contributed by atoms with van der Waals surface area (Å²) < 4.78 is 25.8. The summed E-state index contributed by atoms with van der Waals surface area (Å²) in [5.74, 6) is -2.52. The summed E-state index contributed by atoms with van der Waals surface area (Å²) in [6.07, 6.45) is 1.60. The second-order valence-corrected chi connectivity index (χ2v) is 5.27. The van der Waals surface area contributed by atoms with Crippen LogP contribution in [-0.2, 0) is 4.79 Å². The average Bonchev–Trinajstić information content (AvgIpc) is 2.48. The lowest BCUT2D eigenvalue weighted by Crippen LogP contribution is -2.42. The van der Waals surface area contributed by atoms with Crippen molar-refractivity contribution < 1.29 is 18.4 Å². The number of piperidine rings is 1. The Bertz CT molecular complexity index is 540. The minimum absolute atomic E-state index is 0.00748. The van der Waals surface area contributed by atoms with Crippen LogP contribution in [0.1, 0.15) is 36.0 Å². The third kappa shape index (κ3) is 4.07. The van der Waals surface area contributed by atoms with Gasteiger partial charge in [-0.15, -0.1) is 0 Å². The van der Waals surface area contributed by atoms with Gasteiger partial charge in [0.1, 0.15) is 0 Å². The van der Waals surface area contributed by atoms with E-state index in [-0.39, 0.29) is 36.1 Å². The quantitative estimate of drug-likeness (QED) is 0.863. The van der Waals surface area contributed by atoms with Crippen molar-refractivity contribution in [1.82, 2.24) is 4.90 Å². The van der Waals surface area contributed by atoms with E-state index >= 15 is 0 Å². The Morgan fingerprint density at radius 1 is 1.14 bits per heavy atom. The van der Waals surface area contributed by atoms with Crippen LogP contribution in [-0.4, -0.2) is 35.7 Å². The number of hydrogen-bond donors (Lipinski definition) is 1. The number of nitrogens with zero attached hydrogens (tertiary/aromatic N) is 1. The fourth-order valence-electron chi connectivity index (χ4n) is 2.34. The summed E-state index contributed by atoms with van der Waals surface area (Å²) in [6.45, 7) is 1.22. The molecule has 21 heavy (non-hydrogen) atoms. The molecule has 114 valence electrons. The van der Waals surface area contributed by atoms with Gasteiger partial charge in [-0.05, 0) is 31.0 Å². The Kier molecular flexibility index (Phi) is 5.01. The fourth-order valence-corrected chi connectivity index (χ4v) is 2.34. The maximum absolute atomic E-state index is 13.1. The SMILES string of the molecule is NC1CCN(C(=O)CCC(=O)c2ccc(F)c(F)c2)CC1. The average molecular weight is 296 g/mol. The molecule has 0 aliphatic carbocycles. The number of rotatable bonds is 4. The molecule has 0 saturated carbocycles. The molecule has 1 saturated heterocycles. The molecule has 1 fully saturated rings. The van der Waals surface area contributed by atoms with Crippen molar-refractivity contribution in [3.63, 3.8) is 0 Å². The Hall–Kier alpha value is -1.82. The molecule has 1 aliphatic heterocycles. The molecule has 2 rings (SSSR count). The molecular weight excluding hydrogens is 278 g/mol. The van der Waals surface area contributed by atoms with Crippen LogP contribution in [0.2, 0.25) is 0 Å². The van der Waals surface area contributed by atoms with Crippen molar-refractivity contribution in [1.29, 1.82) is 0 Å². The van der Waals surface area contributed by atoms with Gasteiger partial charge in [0.05, 0.1) is 0 Å². The molecule has 0 aromatic heterocycles. The molecule has 1 heterocycles. The third-order valence-corrected chi connectivity index (χ3v) is 3.70. The summed E-state index contributed by atoms with van der Waals surface area (Å²) in [7, 11) is 0. The molecule has 0 unspecified atom stereocenters. The molecule has 1 aliphatic rings. The van der Waals surface area contributed by atoms with Crippen LogP contribution in [0.15, 0.2) is 18.2 Å². The Morgan fingerprint density at radius 3 is 2.43 bits per heavy atom. The molecule has 1 amide bonds. The highest BCUT2D eigenvalue weighted by Gasteiger charge is 2.21. The zero-order valence-electron chi connectivity index (χ0n) is 11.6. The number of benzene rings is 1. The molecule has 1 aromatic rings. The first-order valence-corrected chi connectivity index (χ1v) is 6.99. The summed E-state index contributed by atoms with van der Waals surface area (Å²) in [4.78, 5) is 25.5. The van der Waals surface area contributed by atoms with Crippen molar-refractivity contribution >= 4 is 11.7 Å². The number of amides is 1. The molecule has 0 atom stereocenters. The monoisotopic (exact) mass is 296 g/mol. The van der Waals surface area contributed by atoms with Gasteiger partial charge in [-0.3, -0.25) is 9.59 Å². The van der Waals surface area contributed by atoms with Crippen LogP contribution >= 0.6 is 0 Å². The van der Waals surface area contributed by atoms with Crippen LogP contribution in [0.4, 0.5) is 8.78 Å². The normalized spacial score (nSPS) is 16.0. The standard InChI is InChI=1S/C15H18F2N2O2/c16-12-2-1-10(9-13(12)17)14(20)3-4-15(21)19-7-5-11(18)6-8-19/h1-2,9,11H,3-8,18H2. The predicted molar refractivity (Wildman–Crippen MR) is 73.7 cm³/mol. The van der Waals surface area contributed by atoms with E-state index in [9.17, 15) is 18.4 Å². The number of hydrogen-bond acceptors (Lipinski definition) is 3. The van der Waals surface area contributed by atoms with Crippen molar-refractivity contribution in [2.24, 2.45) is 5.73 Å².